The van der Waals surface area contributed by atoms with Crippen LogP contribution in [-0.2, 0) is 27.1 Å². The van der Waals surface area contributed by atoms with Gasteiger partial charge in [0.15, 0.2) is 0 Å². The Balaban J connectivity index is 1.21. The van der Waals surface area contributed by atoms with Crippen molar-refractivity contribution in [1.82, 2.24) is 4.57 Å². The molecule has 12 rings (SSSR count). The van der Waals surface area contributed by atoms with Gasteiger partial charge in [-0.05, 0) is 138 Å². The van der Waals surface area contributed by atoms with Crippen molar-refractivity contribution in [3.8, 4) is 16.8 Å². The van der Waals surface area contributed by atoms with Crippen molar-refractivity contribution in [3.05, 3.63) is 214 Å². The lowest BCUT2D eigenvalue weighted by Gasteiger charge is -2.46. The smallest absolute Gasteiger partial charge is 0.332 e. The van der Waals surface area contributed by atoms with Crippen molar-refractivity contribution in [2.75, 3.05) is 9.71 Å². The average molecular weight is 952 g/mol. The van der Waals surface area contributed by atoms with Crippen molar-refractivity contribution in [2.24, 2.45) is 0 Å². The largest absolute Gasteiger partial charge is 0.379 e. The third kappa shape index (κ3) is 7.29. The summed E-state index contributed by atoms with van der Waals surface area (Å²) in [6, 6.07) is 65.2. The zero-order chi connectivity index (χ0) is 51.3. The summed E-state index contributed by atoms with van der Waals surface area (Å²) < 4.78 is 2.67. The summed E-state index contributed by atoms with van der Waals surface area (Å²) in [6.45, 7) is 33.2. The maximum atomic E-state index is 2.80. The molecule has 364 valence electrons. The molecule has 2 aliphatic heterocycles. The van der Waals surface area contributed by atoms with Crippen LogP contribution in [0.3, 0.4) is 0 Å². The Morgan fingerprint density at radius 1 is 0.466 bits per heavy atom. The van der Waals surface area contributed by atoms with E-state index in [2.05, 4.69) is 281 Å². The van der Waals surface area contributed by atoms with Gasteiger partial charge in [-0.25, -0.2) is 0 Å². The summed E-state index contributed by atoms with van der Waals surface area (Å²) in [6.07, 6.45) is 0. The summed E-state index contributed by atoms with van der Waals surface area (Å²) in [5, 5.41) is 2.55. The summed E-state index contributed by atoms with van der Waals surface area (Å²) in [7, 11) is 0. The zero-order valence-electron chi connectivity index (χ0n) is 45.6. The van der Waals surface area contributed by atoms with Gasteiger partial charge >= 0.3 is 6.85 Å². The highest BCUT2D eigenvalue weighted by molar-refractivity contribution is 6.92. The lowest BCUT2D eigenvalue weighted by molar-refractivity contribution is 0.587. The first kappa shape index (κ1) is 47.0. The molecule has 0 saturated heterocycles. The standard InChI is InChI=1S/C69H70BN3/c1-65(2,3)44-29-32-49(33-30-44)73-64-61(54-37-45(66(4,5)6)31-35-56(54)69(64,13)14)55-39-47(68(10,11)12)41-60-62(55)70(73)57-40-46(67(7,8)9)38-53-52-42-50(34-36-59(52)72(60)63(53)57)71(48-25-19-16-20-26-48)58-28-22-21-27-51(58)43-23-17-15-18-24-43/h15-42H,1-14H3. The van der Waals surface area contributed by atoms with Gasteiger partial charge in [0.25, 0.3) is 0 Å². The van der Waals surface area contributed by atoms with Gasteiger partial charge in [0, 0.05) is 55.8 Å². The Labute approximate surface area is 435 Å². The fraction of sp³-hybridized carbons (Fsp3) is 0.275. The number of allylic oxidation sites excluding steroid dienone is 1. The van der Waals surface area contributed by atoms with E-state index in [9.17, 15) is 0 Å². The van der Waals surface area contributed by atoms with E-state index in [4.69, 9.17) is 0 Å². The van der Waals surface area contributed by atoms with Crippen LogP contribution in [0.15, 0.2) is 176 Å². The number of anilines is 4. The van der Waals surface area contributed by atoms with Crippen molar-refractivity contribution in [3.63, 3.8) is 0 Å². The Morgan fingerprint density at radius 2 is 1.05 bits per heavy atom. The van der Waals surface area contributed by atoms with Crippen LogP contribution in [0.1, 0.15) is 136 Å². The van der Waals surface area contributed by atoms with Crippen LogP contribution < -0.4 is 20.6 Å². The Morgan fingerprint density at radius 3 is 1.71 bits per heavy atom. The van der Waals surface area contributed by atoms with Crippen LogP contribution in [0, 0.1) is 0 Å². The number of fused-ring (bicyclic) bond motifs is 8. The summed E-state index contributed by atoms with van der Waals surface area (Å²) in [5.41, 5.74) is 25.4. The molecule has 8 aromatic carbocycles. The van der Waals surface area contributed by atoms with Crippen molar-refractivity contribution >= 4 is 67.9 Å². The Hall–Kier alpha value is -7.04. The first-order valence-corrected chi connectivity index (χ1v) is 26.6. The molecule has 0 amide bonds. The highest BCUT2D eigenvalue weighted by atomic mass is 15.2. The first-order valence-electron chi connectivity index (χ1n) is 26.6. The molecular weight excluding hydrogens is 882 g/mol. The SMILES string of the molecule is CC(C)(C)c1ccc(N2B3c4c(cc(C(C)(C)C)cc4-n4c5ccc(N(c6ccccc6)c6ccccc6-c6ccccc6)cc5c5cc(C(C)(C)C)cc3c54)C3=C2C(C)(C)c2ccc(C(C)(C)C)cc23)cc1. The van der Waals surface area contributed by atoms with Gasteiger partial charge in [-0.15, -0.1) is 0 Å². The number of nitrogens with zero attached hydrogens (tertiary/aromatic N) is 3. The molecule has 0 atom stereocenters. The Kier molecular flexibility index (Phi) is 10.3. The molecule has 0 spiro atoms. The molecule has 0 saturated carbocycles. The number of para-hydroxylation sites is 2. The number of aromatic nitrogens is 1. The molecular formula is C69H70BN3. The van der Waals surface area contributed by atoms with E-state index in [1.165, 1.54) is 105 Å². The molecule has 0 unspecified atom stereocenters. The van der Waals surface area contributed by atoms with Crippen LogP contribution in [0.2, 0.25) is 0 Å². The highest BCUT2D eigenvalue weighted by Gasteiger charge is 2.52. The number of hydrogen-bond donors (Lipinski definition) is 0. The van der Waals surface area contributed by atoms with E-state index >= 15 is 0 Å². The van der Waals surface area contributed by atoms with Gasteiger partial charge in [-0.3, -0.25) is 0 Å². The van der Waals surface area contributed by atoms with Crippen molar-refractivity contribution < 1.29 is 0 Å². The lowest BCUT2D eigenvalue weighted by Crippen LogP contribution is -2.64. The molecule has 0 N–H and O–H groups in total. The van der Waals surface area contributed by atoms with E-state index in [1.54, 1.807) is 0 Å². The number of hydrogen-bond acceptors (Lipinski definition) is 2. The number of benzene rings is 8. The second-order valence-electron chi connectivity index (χ2n) is 25.9. The monoisotopic (exact) mass is 952 g/mol. The van der Waals surface area contributed by atoms with Gasteiger partial charge in [0.1, 0.15) is 0 Å². The quantitative estimate of drug-likeness (QED) is 0.159. The third-order valence-electron chi connectivity index (χ3n) is 16.5. The predicted molar refractivity (Wildman–Crippen MR) is 315 cm³/mol. The molecule has 3 nitrogen and oxygen atoms in total. The second-order valence-corrected chi connectivity index (χ2v) is 25.9. The van der Waals surface area contributed by atoms with Crippen LogP contribution in [-0.4, -0.2) is 11.4 Å². The van der Waals surface area contributed by atoms with E-state index in [0.29, 0.717) is 0 Å². The summed E-state index contributed by atoms with van der Waals surface area (Å²) in [5.74, 6) is 0. The lowest BCUT2D eigenvalue weighted by atomic mass is 9.43. The molecule has 0 radical (unpaired) electrons. The molecule has 0 bridgehead atoms. The maximum Gasteiger partial charge on any atom is 0.332 e. The van der Waals surface area contributed by atoms with Gasteiger partial charge in [-0.1, -0.05) is 206 Å². The van der Waals surface area contributed by atoms with Crippen LogP contribution in [0.5, 0.6) is 0 Å². The van der Waals surface area contributed by atoms with E-state index in [0.717, 1.165) is 17.1 Å². The fourth-order valence-electron chi connectivity index (χ4n) is 12.5. The van der Waals surface area contributed by atoms with Gasteiger partial charge < -0.3 is 14.3 Å². The van der Waals surface area contributed by atoms with E-state index in [1.807, 2.05) is 0 Å². The highest BCUT2D eigenvalue weighted by Crippen LogP contribution is 2.55. The second kappa shape index (κ2) is 16.0. The van der Waals surface area contributed by atoms with E-state index < -0.39 is 0 Å². The van der Waals surface area contributed by atoms with Crippen molar-refractivity contribution in [2.45, 2.75) is 124 Å². The van der Waals surface area contributed by atoms with E-state index in [-0.39, 0.29) is 33.9 Å². The van der Waals surface area contributed by atoms with Crippen LogP contribution in [0.4, 0.5) is 22.7 Å². The molecule has 1 aromatic heterocycles. The van der Waals surface area contributed by atoms with Crippen LogP contribution in [0.25, 0.3) is 44.2 Å². The molecule has 4 heteroatoms. The zero-order valence-corrected chi connectivity index (χ0v) is 45.6. The minimum Gasteiger partial charge on any atom is -0.379 e. The van der Waals surface area contributed by atoms with Crippen LogP contribution >= 0.6 is 0 Å². The molecule has 3 aliphatic rings. The average Bonchev–Trinajstić information content (AvgIpc) is 3.84. The minimum absolute atomic E-state index is 0.00856. The topological polar surface area (TPSA) is 11.4 Å². The molecule has 3 heterocycles. The normalized spacial score (nSPS) is 15.0. The number of rotatable bonds is 5. The molecule has 73 heavy (non-hydrogen) atoms. The van der Waals surface area contributed by atoms with Crippen molar-refractivity contribution in [1.29, 1.82) is 0 Å². The van der Waals surface area contributed by atoms with Gasteiger partial charge in [-0.2, -0.15) is 0 Å². The predicted octanol–water partition coefficient (Wildman–Crippen LogP) is 17.1. The molecule has 1 aliphatic carbocycles. The third-order valence-corrected chi connectivity index (χ3v) is 16.5. The summed E-state index contributed by atoms with van der Waals surface area (Å²) >= 11 is 0. The summed E-state index contributed by atoms with van der Waals surface area (Å²) in [4.78, 5) is 5.26. The van der Waals surface area contributed by atoms with Gasteiger partial charge in [0.05, 0.1) is 16.7 Å². The maximum absolute atomic E-state index is 2.80. The van der Waals surface area contributed by atoms with Gasteiger partial charge in [0.2, 0.25) is 0 Å². The first-order chi connectivity index (χ1) is 34.5. The minimum atomic E-state index is -0.296. The Bertz CT molecular complexity index is 3730. The fourth-order valence-corrected chi connectivity index (χ4v) is 12.5. The molecule has 9 aromatic rings. The molecule has 0 fully saturated rings.